The fraction of sp³-hybridized carbons (Fsp3) is 0.500. The first kappa shape index (κ1) is 14.7. The molecule has 4 heteroatoms. The van der Waals surface area contributed by atoms with Crippen LogP contribution in [-0.4, -0.2) is 16.6 Å². The van der Waals surface area contributed by atoms with Crippen molar-refractivity contribution < 1.29 is 15.1 Å². The highest BCUT2D eigenvalue weighted by atomic mass is 16.5. The Bertz CT molecular complexity index is 397. The molecule has 99 valence electrons. The van der Waals surface area contributed by atoms with Crippen molar-refractivity contribution >= 4 is 5.97 Å². The van der Waals surface area contributed by atoms with Gasteiger partial charge in [0.1, 0.15) is 0 Å². The number of hydrogen-bond acceptors (Lipinski definition) is 3. The van der Waals surface area contributed by atoms with E-state index in [1.807, 2.05) is 6.07 Å². The van der Waals surface area contributed by atoms with Crippen LogP contribution in [0.2, 0.25) is 0 Å². The normalized spacial score (nSPS) is 15.4. The summed E-state index contributed by atoms with van der Waals surface area (Å²) in [5.41, 5.74) is 0.0312. The van der Waals surface area contributed by atoms with Crippen molar-refractivity contribution in [2.75, 3.05) is 0 Å². The first-order valence-electron chi connectivity index (χ1n) is 5.97. The van der Waals surface area contributed by atoms with Crippen LogP contribution in [0.4, 0.5) is 0 Å². The van der Waals surface area contributed by atoms with Gasteiger partial charge in [0.15, 0.2) is 0 Å². The second-order valence-corrected chi connectivity index (χ2v) is 5.46. The van der Waals surface area contributed by atoms with Gasteiger partial charge in [-0.05, 0) is 26.3 Å². The average Bonchev–Trinajstić information content (AvgIpc) is 2.29. The Morgan fingerprint density at radius 1 is 1.22 bits per heavy atom. The van der Waals surface area contributed by atoms with E-state index in [9.17, 15) is 15.1 Å². The summed E-state index contributed by atoms with van der Waals surface area (Å²) < 4.78 is 0. The molecule has 1 aromatic rings. The molecule has 0 saturated heterocycles. The summed E-state index contributed by atoms with van der Waals surface area (Å²) >= 11 is 0. The SMILES string of the molecule is CC(C(=O)[O-])C(c1ccccc1)N([O])C(C)(C)C. The number of nitrogens with zero attached hydrogens (tertiary/aromatic N) is 1. The molecule has 0 bridgehead atoms. The quantitative estimate of drug-likeness (QED) is 0.761. The highest BCUT2D eigenvalue weighted by Crippen LogP contribution is 2.32. The molecule has 0 aliphatic rings. The number of carboxylic acids is 1. The molecule has 0 N–H and O–H groups in total. The zero-order valence-electron chi connectivity index (χ0n) is 11.2. The van der Waals surface area contributed by atoms with Crippen LogP contribution < -0.4 is 5.11 Å². The number of hydroxylamine groups is 2. The predicted molar refractivity (Wildman–Crippen MR) is 65.6 cm³/mol. The molecule has 0 fully saturated rings. The fourth-order valence-corrected chi connectivity index (χ4v) is 1.82. The van der Waals surface area contributed by atoms with E-state index in [0.717, 1.165) is 5.06 Å². The summed E-state index contributed by atoms with van der Waals surface area (Å²) in [6.45, 7) is 6.79. The minimum absolute atomic E-state index is 0.662. The van der Waals surface area contributed by atoms with Gasteiger partial charge in [0.2, 0.25) is 0 Å². The molecule has 1 radical (unpaired) electrons. The number of hydrogen-bond donors (Lipinski definition) is 0. The van der Waals surface area contributed by atoms with E-state index in [1.54, 1.807) is 45.0 Å². The minimum atomic E-state index is -1.21. The molecule has 1 aromatic carbocycles. The van der Waals surface area contributed by atoms with E-state index < -0.39 is 23.5 Å². The monoisotopic (exact) mass is 249 g/mol. The molecular formula is C14H19NO3-. The van der Waals surface area contributed by atoms with Gasteiger partial charge in [-0.1, -0.05) is 37.3 Å². The fourth-order valence-electron chi connectivity index (χ4n) is 1.82. The van der Waals surface area contributed by atoms with Crippen LogP contribution >= 0.6 is 0 Å². The lowest BCUT2D eigenvalue weighted by molar-refractivity contribution is -0.321. The van der Waals surface area contributed by atoms with E-state index in [0.29, 0.717) is 5.56 Å². The Hall–Kier alpha value is -1.39. The molecule has 4 nitrogen and oxygen atoms in total. The Morgan fingerprint density at radius 3 is 2.11 bits per heavy atom. The average molecular weight is 249 g/mol. The van der Waals surface area contributed by atoms with Crippen molar-refractivity contribution in [1.82, 2.24) is 5.06 Å². The summed E-state index contributed by atoms with van der Waals surface area (Å²) in [6.07, 6.45) is 0. The van der Waals surface area contributed by atoms with Gasteiger partial charge in [0, 0.05) is 17.4 Å². The lowest BCUT2D eigenvalue weighted by Gasteiger charge is -2.38. The Morgan fingerprint density at radius 2 is 1.72 bits per heavy atom. The Labute approximate surface area is 108 Å². The summed E-state index contributed by atoms with van der Waals surface area (Å²) in [6, 6.07) is 8.20. The minimum Gasteiger partial charge on any atom is -0.550 e. The maximum absolute atomic E-state index is 12.3. The number of carbonyl (C=O) groups excluding carboxylic acids is 1. The zero-order valence-corrected chi connectivity index (χ0v) is 11.2. The Kier molecular flexibility index (Phi) is 4.48. The summed E-state index contributed by atoms with van der Waals surface area (Å²) in [4.78, 5) is 11.1. The maximum Gasteiger partial charge on any atom is 0.0716 e. The van der Waals surface area contributed by atoms with Crippen molar-refractivity contribution in [3.8, 4) is 0 Å². The molecule has 1 rings (SSSR count). The predicted octanol–water partition coefficient (Wildman–Crippen LogP) is 1.56. The summed E-state index contributed by atoms with van der Waals surface area (Å²) in [5.74, 6) is -2.09. The van der Waals surface area contributed by atoms with Crippen LogP contribution in [0.5, 0.6) is 0 Å². The van der Waals surface area contributed by atoms with E-state index >= 15 is 0 Å². The molecule has 2 atom stereocenters. The first-order chi connectivity index (χ1) is 8.25. The molecule has 0 saturated carbocycles. The zero-order chi connectivity index (χ0) is 13.9. The van der Waals surface area contributed by atoms with Crippen LogP contribution in [0.15, 0.2) is 30.3 Å². The molecule has 2 unspecified atom stereocenters. The van der Waals surface area contributed by atoms with Gasteiger partial charge in [-0.25, -0.2) is 0 Å². The second kappa shape index (κ2) is 5.50. The molecular weight excluding hydrogens is 230 g/mol. The largest absolute Gasteiger partial charge is 0.550 e. The van der Waals surface area contributed by atoms with Gasteiger partial charge in [0.05, 0.1) is 6.04 Å². The van der Waals surface area contributed by atoms with Gasteiger partial charge in [0.25, 0.3) is 0 Å². The molecule has 0 aliphatic heterocycles. The lowest BCUT2D eigenvalue weighted by atomic mass is 9.91. The van der Waals surface area contributed by atoms with Crippen molar-refractivity contribution in [3.05, 3.63) is 35.9 Å². The van der Waals surface area contributed by atoms with Crippen molar-refractivity contribution in [3.63, 3.8) is 0 Å². The smallest absolute Gasteiger partial charge is 0.0716 e. The highest BCUT2D eigenvalue weighted by molar-refractivity contribution is 5.68. The van der Waals surface area contributed by atoms with Crippen molar-refractivity contribution in [2.45, 2.75) is 39.3 Å². The van der Waals surface area contributed by atoms with E-state index in [2.05, 4.69) is 0 Å². The topological polar surface area (TPSA) is 63.3 Å². The molecule has 0 heterocycles. The van der Waals surface area contributed by atoms with E-state index in [4.69, 9.17) is 0 Å². The van der Waals surface area contributed by atoms with Gasteiger partial charge >= 0.3 is 0 Å². The standard InChI is InChI=1S/C14H20NO3/c1-10(13(16)17)12(15(18)14(2,3)4)11-8-6-5-7-9-11/h5-10,12H,1-4H3,(H,16,17)/p-1. The molecule has 0 amide bonds. The van der Waals surface area contributed by atoms with Crippen LogP contribution in [0.25, 0.3) is 0 Å². The highest BCUT2D eigenvalue weighted by Gasteiger charge is 2.34. The third-order valence-corrected chi connectivity index (χ3v) is 2.90. The molecule has 0 aromatic heterocycles. The van der Waals surface area contributed by atoms with E-state index in [1.165, 1.54) is 6.92 Å². The number of carboxylic acid groups (broad SMARTS) is 1. The van der Waals surface area contributed by atoms with Crippen LogP contribution in [0.3, 0.4) is 0 Å². The van der Waals surface area contributed by atoms with Gasteiger partial charge in [-0.2, -0.15) is 0 Å². The van der Waals surface area contributed by atoms with Crippen LogP contribution in [-0.2, 0) is 10.0 Å². The van der Waals surface area contributed by atoms with Crippen molar-refractivity contribution in [2.24, 2.45) is 5.92 Å². The second-order valence-electron chi connectivity index (χ2n) is 5.46. The number of rotatable bonds is 4. The molecule has 18 heavy (non-hydrogen) atoms. The van der Waals surface area contributed by atoms with Gasteiger partial charge < -0.3 is 9.90 Å². The van der Waals surface area contributed by atoms with E-state index in [-0.39, 0.29) is 0 Å². The summed E-state index contributed by atoms with van der Waals surface area (Å²) in [5, 5.41) is 24.2. The molecule has 0 spiro atoms. The number of aliphatic carboxylic acids is 1. The van der Waals surface area contributed by atoms with Crippen LogP contribution in [0, 0.1) is 5.92 Å². The van der Waals surface area contributed by atoms with Crippen LogP contribution in [0.1, 0.15) is 39.3 Å². The van der Waals surface area contributed by atoms with Gasteiger partial charge in [-0.15, -0.1) is 10.3 Å². The van der Waals surface area contributed by atoms with Gasteiger partial charge in [-0.3, -0.25) is 0 Å². The number of benzene rings is 1. The maximum atomic E-state index is 12.3. The third kappa shape index (κ3) is 3.31. The molecule has 0 aliphatic carbocycles. The first-order valence-corrected chi connectivity index (χ1v) is 5.97. The lowest BCUT2D eigenvalue weighted by Crippen LogP contribution is -2.46. The Balaban J connectivity index is 3.15. The van der Waals surface area contributed by atoms with Crippen molar-refractivity contribution in [1.29, 1.82) is 0 Å². The number of carbonyl (C=O) groups is 1. The summed E-state index contributed by atoms with van der Waals surface area (Å²) in [7, 11) is 0. The third-order valence-electron chi connectivity index (χ3n) is 2.90.